The van der Waals surface area contributed by atoms with Crippen LogP contribution in [0.5, 0.6) is 5.75 Å². The number of anilines is 1. The monoisotopic (exact) mass is 273 g/mol. The molecule has 0 aliphatic rings. The number of rotatable bonds is 6. The minimum atomic E-state index is 0.449. The molecule has 0 radical (unpaired) electrons. The smallest absolute Gasteiger partial charge is 0.136 e. The van der Waals surface area contributed by atoms with E-state index in [9.17, 15) is 0 Å². The van der Waals surface area contributed by atoms with Crippen LogP contribution in [0.4, 0.5) is 5.82 Å². The third-order valence-corrected chi connectivity index (χ3v) is 3.57. The predicted octanol–water partition coefficient (Wildman–Crippen LogP) is 2.66. The molecule has 0 saturated heterocycles. The summed E-state index contributed by atoms with van der Waals surface area (Å²) < 4.78 is 5.28. The number of aromatic nitrogens is 1. The molecule has 0 amide bonds. The van der Waals surface area contributed by atoms with Crippen LogP contribution >= 0.6 is 0 Å². The maximum absolute atomic E-state index is 5.74. The molecule has 1 heterocycles. The molecule has 0 spiro atoms. The fourth-order valence-electron chi connectivity index (χ4n) is 2.34. The van der Waals surface area contributed by atoms with Crippen LogP contribution in [0.15, 0.2) is 30.5 Å². The quantitative estimate of drug-likeness (QED) is 0.879. The molecule has 108 valence electrons. The van der Waals surface area contributed by atoms with E-state index in [1.165, 1.54) is 0 Å². The Labute approximate surface area is 120 Å². The van der Waals surface area contributed by atoms with Crippen molar-refractivity contribution in [3.05, 3.63) is 30.5 Å². The number of benzene rings is 1. The number of nitrogens with two attached hydrogens (primary N) is 1. The summed E-state index contributed by atoms with van der Waals surface area (Å²) >= 11 is 0. The van der Waals surface area contributed by atoms with Gasteiger partial charge >= 0.3 is 0 Å². The minimum absolute atomic E-state index is 0.449. The number of hydrogen-bond donors (Lipinski definition) is 1. The number of pyridine rings is 1. The highest BCUT2D eigenvalue weighted by atomic mass is 16.5. The van der Waals surface area contributed by atoms with E-state index in [0.717, 1.165) is 35.4 Å². The van der Waals surface area contributed by atoms with Crippen LogP contribution in [0.2, 0.25) is 0 Å². The summed E-state index contributed by atoms with van der Waals surface area (Å²) in [6, 6.07) is 8.11. The molecule has 1 unspecified atom stereocenters. The first-order valence-electron chi connectivity index (χ1n) is 7.07. The molecule has 4 heteroatoms. The van der Waals surface area contributed by atoms with Gasteiger partial charge in [-0.15, -0.1) is 0 Å². The van der Waals surface area contributed by atoms with Crippen molar-refractivity contribution in [2.75, 3.05) is 31.6 Å². The molecule has 0 fully saturated rings. The Balaban J connectivity index is 2.42. The summed E-state index contributed by atoms with van der Waals surface area (Å²) in [6.45, 7) is 6.84. The van der Waals surface area contributed by atoms with Crippen molar-refractivity contribution in [2.45, 2.75) is 13.8 Å². The minimum Gasteiger partial charge on any atom is -0.497 e. The molecule has 0 saturated carbocycles. The zero-order chi connectivity index (χ0) is 14.5. The SMILES string of the molecule is CCN(CC(C)CN)c1nccc2cc(OC)ccc12. The van der Waals surface area contributed by atoms with Crippen LogP contribution in [0, 0.1) is 5.92 Å². The fraction of sp³-hybridized carbons (Fsp3) is 0.438. The van der Waals surface area contributed by atoms with Gasteiger partial charge in [-0.05, 0) is 49.0 Å². The lowest BCUT2D eigenvalue weighted by Gasteiger charge is -2.26. The van der Waals surface area contributed by atoms with Gasteiger partial charge in [0.15, 0.2) is 0 Å². The van der Waals surface area contributed by atoms with Crippen LogP contribution in [0.25, 0.3) is 10.8 Å². The Morgan fingerprint density at radius 3 is 2.80 bits per heavy atom. The highest BCUT2D eigenvalue weighted by Gasteiger charge is 2.13. The van der Waals surface area contributed by atoms with E-state index in [1.54, 1.807) is 7.11 Å². The Bertz CT molecular complexity index is 571. The summed E-state index contributed by atoms with van der Waals surface area (Å²) in [5.41, 5.74) is 5.74. The molecular formula is C16H23N3O. The Hall–Kier alpha value is -1.81. The third kappa shape index (κ3) is 3.02. The van der Waals surface area contributed by atoms with Crippen molar-refractivity contribution in [1.82, 2.24) is 4.98 Å². The molecule has 4 nitrogen and oxygen atoms in total. The van der Waals surface area contributed by atoms with E-state index in [2.05, 4.69) is 29.8 Å². The first kappa shape index (κ1) is 14.6. The molecule has 1 aromatic carbocycles. The molecule has 2 rings (SSSR count). The number of hydrogen-bond acceptors (Lipinski definition) is 4. The van der Waals surface area contributed by atoms with Crippen molar-refractivity contribution in [3.63, 3.8) is 0 Å². The zero-order valence-electron chi connectivity index (χ0n) is 12.5. The molecule has 20 heavy (non-hydrogen) atoms. The van der Waals surface area contributed by atoms with Crippen molar-refractivity contribution < 1.29 is 4.74 Å². The van der Waals surface area contributed by atoms with Gasteiger partial charge in [0.05, 0.1) is 7.11 Å². The van der Waals surface area contributed by atoms with Crippen molar-refractivity contribution >= 4 is 16.6 Å². The Kier molecular flexibility index (Phi) is 4.79. The lowest BCUT2D eigenvalue weighted by Crippen LogP contribution is -2.32. The largest absolute Gasteiger partial charge is 0.497 e. The van der Waals surface area contributed by atoms with Gasteiger partial charge in [-0.2, -0.15) is 0 Å². The van der Waals surface area contributed by atoms with E-state index in [4.69, 9.17) is 10.5 Å². The van der Waals surface area contributed by atoms with Gasteiger partial charge in [0.1, 0.15) is 11.6 Å². The summed E-state index contributed by atoms with van der Waals surface area (Å²) in [4.78, 5) is 6.85. The first-order valence-corrected chi connectivity index (χ1v) is 7.07. The van der Waals surface area contributed by atoms with Gasteiger partial charge in [-0.1, -0.05) is 6.92 Å². The molecule has 0 bridgehead atoms. The van der Waals surface area contributed by atoms with Gasteiger partial charge in [0.25, 0.3) is 0 Å². The number of fused-ring (bicyclic) bond motifs is 1. The maximum atomic E-state index is 5.74. The van der Waals surface area contributed by atoms with E-state index in [0.29, 0.717) is 12.5 Å². The molecule has 1 aromatic heterocycles. The summed E-state index contributed by atoms with van der Waals surface area (Å²) in [6.07, 6.45) is 1.85. The molecular weight excluding hydrogens is 250 g/mol. The normalized spacial score (nSPS) is 12.4. The molecule has 0 aliphatic heterocycles. The highest BCUT2D eigenvalue weighted by molar-refractivity contribution is 5.93. The summed E-state index contributed by atoms with van der Waals surface area (Å²) in [5, 5.41) is 2.30. The van der Waals surface area contributed by atoms with Crippen LogP contribution in [-0.4, -0.2) is 31.7 Å². The lowest BCUT2D eigenvalue weighted by atomic mass is 10.1. The van der Waals surface area contributed by atoms with Crippen LogP contribution in [-0.2, 0) is 0 Å². The van der Waals surface area contributed by atoms with Crippen molar-refractivity contribution in [3.8, 4) is 5.75 Å². The molecule has 1 atom stereocenters. The highest BCUT2D eigenvalue weighted by Crippen LogP contribution is 2.28. The van der Waals surface area contributed by atoms with Gasteiger partial charge < -0.3 is 15.4 Å². The second-order valence-corrected chi connectivity index (χ2v) is 5.10. The van der Waals surface area contributed by atoms with Crippen LogP contribution < -0.4 is 15.4 Å². The topological polar surface area (TPSA) is 51.4 Å². The van der Waals surface area contributed by atoms with Crippen molar-refractivity contribution in [1.29, 1.82) is 0 Å². The Morgan fingerprint density at radius 2 is 2.15 bits per heavy atom. The number of methoxy groups -OCH3 is 1. The van der Waals surface area contributed by atoms with Crippen LogP contribution in [0.1, 0.15) is 13.8 Å². The van der Waals surface area contributed by atoms with E-state index < -0.39 is 0 Å². The number of ether oxygens (including phenoxy) is 1. The third-order valence-electron chi connectivity index (χ3n) is 3.57. The van der Waals surface area contributed by atoms with Crippen molar-refractivity contribution in [2.24, 2.45) is 11.7 Å². The fourth-order valence-corrected chi connectivity index (χ4v) is 2.34. The molecule has 2 N–H and O–H groups in total. The predicted molar refractivity (Wildman–Crippen MR) is 84.4 cm³/mol. The summed E-state index contributed by atoms with van der Waals surface area (Å²) in [7, 11) is 1.69. The second kappa shape index (κ2) is 6.57. The van der Waals surface area contributed by atoms with Crippen LogP contribution in [0.3, 0.4) is 0 Å². The average molecular weight is 273 g/mol. The van der Waals surface area contributed by atoms with Gasteiger partial charge in [0.2, 0.25) is 0 Å². The lowest BCUT2D eigenvalue weighted by molar-refractivity contribution is 0.415. The zero-order valence-corrected chi connectivity index (χ0v) is 12.5. The summed E-state index contributed by atoms with van der Waals surface area (Å²) in [5.74, 6) is 2.34. The second-order valence-electron chi connectivity index (χ2n) is 5.10. The standard InChI is InChI=1S/C16H23N3O/c1-4-19(11-12(2)10-17)16-15-6-5-14(20-3)9-13(15)7-8-18-16/h5-9,12H,4,10-11,17H2,1-3H3. The number of nitrogens with zero attached hydrogens (tertiary/aromatic N) is 2. The van der Waals surface area contributed by atoms with Gasteiger partial charge in [0, 0.05) is 24.7 Å². The molecule has 0 aliphatic carbocycles. The van der Waals surface area contributed by atoms with Gasteiger partial charge in [-0.25, -0.2) is 4.98 Å². The average Bonchev–Trinajstić information content (AvgIpc) is 2.51. The molecule has 2 aromatic rings. The Morgan fingerprint density at radius 1 is 1.35 bits per heavy atom. The van der Waals surface area contributed by atoms with Gasteiger partial charge in [-0.3, -0.25) is 0 Å². The first-order chi connectivity index (χ1) is 9.69. The van der Waals surface area contributed by atoms with E-state index in [-0.39, 0.29) is 0 Å². The van der Waals surface area contributed by atoms with E-state index in [1.807, 2.05) is 24.4 Å². The van der Waals surface area contributed by atoms with E-state index >= 15 is 0 Å². The maximum Gasteiger partial charge on any atom is 0.136 e.